The number of hydrogen-bond donors (Lipinski definition) is 3. The second kappa shape index (κ2) is 4.24. The molecular weight excluding hydrogens is 136 g/mol. The van der Waals surface area contributed by atoms with Gasteiger partial charge in [0, 0.05) is 0 Å². The molecule has 1 atom stereocenters. The largest absolute Gasteiger partial charge is 0.481 e. The van der Waals surface area contributed by atoms with Gasteiger partial charge < -0.3 is 15.3 Å². The van der Waals surface area contributed by atoms with E-state index in [9.17, 15) is 4.79 Å². The van der Waals surface area contributed by atoms with Gasteiger partial charge in [0.1, 0.15) is 5.92 Å². The van der Waals surface area contributed by atoms with Crippen LogP contribution in [0.4, 0.5) is 0 Å². The van der Waals surface area contributed by atoms with Crippen molar-refractivity contribution in [2.75, 3.05) is 0 Å². The van der Waals surface area contributed by atoms with E-state index in [0.717, 1.165) is 0 Å². The molecule has 4 heteroatoms. The van der Waals surface area contributed by atoms with Gasteiger partial charge in [-0.2, -0.15) is 0 Å². The van der Waals surface area contributed by atoms with E-state index in [0.29, 0.717) is 12.8 Å². The first-order chi connectivity index (χ1) is 4.59. The molecule has 4 nitrogen and oxygen atoms in total. The third-order valence-electron chi connectivity index (χ3n) is 1.28. The van der Waals surface area contributed by atoms with Crippen LogP contribution in [0.5, 0.6) is 0 Å². The van der Waals surface area contributed by atoms with Gasteiger partial charge in [-0.05, 0) is 6.42 Å². The highest BCUT2D eigenvalue weighted by Gasteiger charge is 2.22. The monoisotopic (exact) mass is 148 g/mol. The molecule has 0 heterocycles. The Morgan fingerprint density at radius 2 is 2.00 bits per heavy atom. The number of rotatable bonds is 4. The summed E-state index contributed by atoms with van der Waals surface area (Å²) in [6.45, 7) is 1.79. The van der Waals surface area contributed by atoms with E-state index in [1.54, 1.807) is 6.92 Å². The molecule has 0 aromatic carbocycles. The summed E-state index contributed by atoms with van der Waals surface area (Å²) >= 11 is 0. The van der Waals surface area contributed by atoms with Crippen LogP contribution >= 0.6 is 0 Å². The van der Waals surface area contributed by atoms with E-state index in [-0.39, 0.29) is 0 Å². The van der Waals surface area contributed by atoms with Crippen LogP contribution < -0.4 is 0 Å². The summed E-state index contributed by atoms with van der Waals surface area (Å²) in [7, 11) is 0. The van der Waals surface area contributed by atoms with Crippen molar-refractivity contribution >= 4 is 5.97 Å². The molecule has 0 aromatic heterocycles. The molecule has 60 valence electrons. The van der Waals surface area contributed by atoms with E-state index >= 15 is 0 Å². The van der Waals surface area contributed by atoms with E-state index < -0.39 is 18.2 Å². The highest BCUT2D eigenvalue weighted by atomic mass is 16.5. The number of carboxylic acid groups (broad SMARTS) is 1. The minimum absolute atomic E-state index is 0.299. The van der Waals surface area contributed by atoms with Gasteiger partial charge in [0.05, 0.1) is 0 Å². The fourth-order valence-electron chi connectivity index (χ4n) is 0.711. The van der Waals surface area contributed by atoms with E-state index in [4.69, 9.17) is 15.3 Å². The molecule has 0 bridgehead atoms. The van der Waals surface area contributed by atoms with Crippen LogP contribution in [0.1, 0.15) is 19.8 Å². The molecule has 0 aliphatic rings. The fourth-order valence-corrected chi connectivity index (χ4v) is 0.711. The summed E-state index contributed by atoms with van der Waals surface area (Å²) in [6, 6.07) is 0. The molecule has 0 saturated heterocycles. The molecule has 0 radical (unpaired) electrons. The van der Waals surface area contributed by atoms with Crippen molar-refractivity contribution in [1.82, 2.24) is 0 Å². The van der Waals surface area contributed by atoms with Gasteiger partial charge in [-0.15, -0.1) is 0 Å². The number of carboxylic acids is 1. The molecule has 0 fully saturated rings. The summed E-state index contributed by atoms with van der Waals surface area (Å²) in [5, 5.41) is 25.3. The van der Waals surface area contributed by atoms with Gasteiger partial charge in [-0.25, -0.2) is 0 Å². The second-order valence-corrected chi connectivity index (χ2v) is 2.15. The SMILES string of the molecule is CCCC(C(=O)O)C(O)O. The Balaban J connectivity index is 3.85. The van der Waals surface area contributed by atoms with Gasteiger partial charge >= 0.3 is 5.97 Å². The third-order valence-corrected chi connectivity index (χ3v) is 1.28. The van der Waals surface area contributed by atoms with Crippen molar-refractivity contribution in [3.05, 3.63) is 0 Å². The predicted octanol–water partition coefficient (Wildman–Crippen LogP) is -0.202. The average molecular weight is 148 g/mol. The molecule has 0 aliphatic carbocycles. The van der Waals surface area contributed by atoms with Gasteiger partial charge in [0.25, 0.3) is 0 Å². The van der Waals surface area contributed by atoms with Gasteiger partial charge in [0.15, 0.2) is 6.29 Å². The molecule has 0 amide bonds. The first-order valence-corrected chi connectivity index (χ1v) is 3.18. The highest BCUT2D eigenvalue weighted by Crippen LogP contribution is 2.09. The van der Waals surface area contributed by atoms with Crippen molar-refractivity contribution < 1.29 is 20.1 Å². The average Bonchev–Trinajstić information content (AvgIpc) is 1.81. The molecular formula is C6H12O4. The fraction of sp³-hybridized carbons (Fsp3) is 0.833. The number of aliphatic hydroxyl groups excluding tert-OH is 1. The lowest BCUT2D eigenvalue weighted by Gasteiger charge is -2.11. The van der Waals surface area contributed by atoms with Crippen molar-refractivity contribution in [1.29, 1.82) is 0 Å². The quantitative estimate of drug-likeness (QED) is 0.482. The molecule has 0 spiro atoms. The molecule has 0 aromatic rings. The number of hydrogen-bond acceptors (Lipinski definition) is 3. The minimum Gasteiger partial charge on any atom is -0.481 e. The van der Waals surface area contributed by atoms with Crippen LogP contribution in [0, 0.1) is 5.92 Å². The second-order valence-electron chi connectivity index (χ2n) is 2.15. The van der Waals surface area contributed by atoms with Crippen LogP contribution in [0.25, 0.3) is 0 Å². The Morgan fingerprint density at radius 1 is 1.50 bits per heavy atom. The molecule has 0 saturated carbocycles. The van der Waals surface area contributed by atoms with Gasteiger partial charge in [-0.3, -0.25) is 4.79 Å². The summed E-state index contributed by atoms with van der Waals surface area (Å²) in [6.07, 6.45) is -0.806. The number of aliphatic hydroxyl groups is 2. The van der Waals surface area contributed by atoms with E-state index in [2.05, 4.69) is 0 Å². The topological polar surface area (TPSA) is 77.8 Å². The highest BCUT2D eigenvalue weighted by molar-refractivity contribution is 5.70. The summed E-state index contributed by atoms with van der Waals surface area (Å²) in [5.41, 5.74) is 0. The van der Waals surface area contributed by atoms with E-state index in [1.807, 2.05) is 0 Å². The first-order valence-electron chi connectivity index (χ1n) is 3.18. The summed E-state index contributed by atoms with van der Waals surface area (Å²) < 4.78 is 0. The maximum Gasteiger partial charge on any atom is 0.311 e. The third kappa shape index (κ3) is 2.80. The van der Waals surface area contributed by atoms with Crippen LogP contribution in [-0.4, -0.2) is 27.6 Å². The zero-order chi connectivity index (χ0) is 8.15. The summed E-state index contributed by atoms with van der Waals surface area (Å²) in [4.78, 5) is 10.2. The molecule has 1 unspecified atom stereocenters. The minimum atomic E-state index is -1.74. The Bertz CT molecular complexity index is 110. The van der Waals surface area contributed by atoms with E-state index in [1.165, 1.54) is 0 Å². The normalized spacial score (nSPS) is 13.6. The molecule has 3 N–H and O–H groups in total. The number of aliphatic carboxylic acids is 1. The Kier molecular flexibility index (Phi) is 3.99. The predicted molar refractivity (Wildman–Crippen MR) is 34.3 cm³/mol. The smallest absolute Gasteiger partial charge is 0.311 e. The lowest BCUT2D eigenvalue weighted by molar-refractivity contribution is -0.159. The van der Waals surface area contributed by atoms with Crippen LogP contribution in [0.3, 0.4) is 0 Å². The lowest BCUT2D eigenvalue weighted by Crippen LogP contribution is -2.27. The van der Waals surface area contributed by atoms with Gasteiger partial charge in [0.2, 0.25) is 0 Å². The molecule has 10 heavy (non-hydrogen) atoms. The maximum atomic E-state index is 10.2. The van der Waals surface area contributed by atoms with Crippen LogP contribution in [0.15, 0.2) is 0 Å². The zero-order valence-corrected chi connectivity index (χ0v) is 5.82. The van der Waals surface area contributed by atoms with Crippen molar-refractivity contribution in [2.24, 2.45) is 5.92 Å². The standard InChI is InChI=1S/C6H12O4/c1-2-3-4(5(7)8)6(9)10/h4-5,7-8H,2-3H2,1H3,(H,9,10). The van der Waals surface area contributed by atoms with Crippen molar-refractivity contribution in [2.45, 2.75) is 26.1 Å². The Labute approximate surface area is 59.1 Å². The Hall–Kier alpha value is -0.610. The molecule has 0 aliphatic heterocycles. The lowest BCUT2D eigenvalue weighted by atomic mass is 10.0. The van der Waals surface area contributed by atoms with Gasteiger partial charge in [-0.1, -0.05) is 13.3 Å². The zero-order valence-electron chi connectivity index (χ0n) is 5.82. The summed E-state index contributed by atoms with van der Waals surface area (Å²) in [5.74, 6) is -2.19. The maximum absolute atomic E-state index is 10.2. The first kappa shape index (κ1) is 9.39. The Morgan fingerprint density at radius 3 is 2.10 bits per heavy atom. The van der Waals surface area contributed by atoms with Crippen molar-refractivity contribution in [3.8, 4) is 0 Å². The van der Waals surface area contributed by atoms with Crippen molar-refractivity contribution in [3.63, 3.8) is 0 Å². The number of carbonyl (C=O) groups is 1. The molecule has 0 rings (SSSR count). The van der Waals surface area contributed by atoms with Crippen LogP contribution in [-0.2, 0) is 4.79 Å². The van der Waals surface area contributed by atoms with Crippen LogP contribution in [0.2, 0.25) is 0 Å².